The van der Waals surface area contributed by atoms with Gasteiger partial charge in [0.2, 0.25) is 5.82 Å². The predicted octanol–water partition coefficient (Wildman–Crippen LogP) is 5.46. The minimum Gasteiger partial charge on any atom is -0.497 e. The van der Waals surface area contributed by atoms with Gasteiger partial charge in [-0.3, -0.25) is 4.90 Å². The Labute approximate surface area is 214 Å². The molecule has 0 radical (unpaired) electrons. The first kappa shape index (κ1) is 23.9. The topological polar surface area (TPSA) is 99.0 Å². The van der Waals surface area contributed by atoms with Crippen LogP contribution in [0.5, 0.6) is 17.2 Å². The van der Waals surface area contributed by atoms with E-state index < -0.39 is 6.04 Å². The van der Waals surface area contributed by atoms with Crippen molar-refractivity contribution >= 4 is 17.3 Å². The Balaban J connectivity index is 1.65. The first-order valence-corrected chi connectivity index (χ1v) is 11.6. The molecule has 0 spiro atoms. The third-order valence-corrected chi connectivity index (χ3v) is 6.22. The van der Waals surface area contributed by atoms with E-state index in [1.54, 1.807) is 32.3 Å². The lowest BCUT2D eigenvalue weighted by Gasteiger charge is -2.35. The molecule has 1 aliphatic heterocycles. The number of rotatable bonds is 7. The van der Waals surface area contributed by atoms with Gasteiger partial charge in [0, 0.05) is 11.3 Å². The molecular weight excluding hydrogens is 472 g/mol. The number of hydrogen-bond donors (Lipinski definition) is 1. The van der Waals surface area contributed by atoms with Gasteiger partial charge in [-0.15, -0.1) is 0 Å². The molecule has 3 aromatic carbocycles. The van der Waals surface area contributed by atoms with Gasteiger partial charge in [-0.05, 0) is 48.9 Å². The van der Waals surface area contributed by atoms with Crippen molar-refractivity contribution in [2.75, 3.05) is 26.2 Å². The summed E-state index contributed by atoms with van der Waals surface area (Å²) in [6, 6.07) is 21.5. The summed E-state index contributed by atoms with van der Waals surface area (Å²) in [6.07, 6.45) is 0. The van der Waals surface area contributed by atoms with Crippen LogP contribution in [0.1, 0.15) is 24.4 Å². The highest BCUT2D eigenvalue weighted by atomic mass is 16.5. The molecule has 1 aromatic heterocycles. The van der Waals surface area contributed by atoms with Gasteiger partial charge in [0.15, 0.2) is 11.5 Å². The van der Waals surface area contributed by atoms with Crippen LogP contribution in [0.4, 0.5) is 10.5 Å². The lowest BCUT2D eigenvalue weighted by molar-refractivity contribution is 0.244. The van der Waals surface area contributed by atoms with Gasteiger partial charge in [0.25, 0.3) is 5.89 Å². The number of carbonyl (C=O) groups excluding carboxylic acids is 1. The summed E-state index contributed by atoms with van der Waals surface area (Å²) in [4.78, 5) is 19.7. The molecule has 0 saturated heterocycles. The van der Waals surface area contributed by atoms with E-state index in [1.807, 2.05) is 73.7 Å². The number of aromatic nitrogens is 2. The van der Waals surface area contributed by atoms with E-state index in [0.29, 0.717) is 40.0 Å². The molecular formula is C28H26N4O5. The number of amides is 2. The number of hydrogen-bond acceptors (Lipinski definition) is 7. The smallest absolute Gasteiger partial charge is 0.326 e. The van der Waals surface area contributed by atoms with Gasteiger partial charge < -0.3 is 24.1 Å². The largest absolute Gasteiger partial charge is 0.497 e. The van der Waals surface area contributed by atoms with Crippen LogP contribution in [0.2, 0.25) is 0 Å². The number of urea groups is 1. The number of nitrogens with one attached hydrogen (secondary N) is 1. The van der Waals surface area contributed by atoms with Gasteiger partial charge in [-0.1, -0.05) is 41.6 Å². The second kappa shape index (κ2) is 10.1. The third-order valence-electron chi connectivity index (χ3n) is 6.22. The van der Waals surface area contributed by atoms with Crippen LogP contribution >= 0.6 is 0 Å². The lowest BCUT2D eigenvalue weighted by Crippen LogP contribution is -2.46. The number of ether oxygens (including phenoxy) is 3. The molecule has 1 N–H and O–H groups in total. The van der Waals surface area contributed by atoms with Gasteiger partial charge >= 0.3 is 6.03 Å². The number of anilines is 1. The van der Waals surface area contributed by atoms with Crippen LogP contribution < -0.4 is 24.4 Å². The van der Waals surface area contributed by atoms with Crippen molar-refractivity contribution < 1.29 is 23.5 Å². The fourth-order valence-electron chi connectivity index (χ4n) is 4.40. The summed E-state index contributed by atoms with van der Waals surface area (Å²) in [5.74, 6) is 2.50. The maximum absolute atomic E-state index is 13.4. The van der Waals surface area contributed by atoms with Crippen molar-refractivity contribution in [3.05, 3.63) is 89.9 Å². The Bertz CT molecular complexity index is 1460. The number of nitrogens with zero attached hydrogens (tertiary/aromatic N) is 3. The zero-order valence-corrected chi connectivity index (χ0v) is 20.9. The fraction of sp³-hybridized carbons (Fsp3) is 0.179. The summed E-state index contributed by atoms with van der Waals surface area (Å²) in [5.41, 5.74) is 3.56. The average molecular weight is 499 g/mol. The zero-order chi connectivity index (χ0) is 25.9. The SMILES string of the molecule is COc1cccc(-c2noc(C3=C(C)N(c4ccccc4)C(=O)NC3c3ccc(OC)c(OC)c3)n2)c1. The van der Waals surface area contributed by atoms with Gasteiger partial charge in [-0.2, -0.15) is 4.98 Å². The average Bonchev–Trinajstić information content (AvgIpc) is 3.43. The summed E-state index contributed by atoms with van der Waals surface area (Å²) in [7, 11) is 4.75. The second-order valence-corrected chi connectivity index (χ2v) is 8.32. The Hall–Kier alpha value is -4.79. The van der Waals surface area contributed by atoms with E-state index in [1.165, 1.54) is 0 Å². The highest BCUT2D eigenvalue weighted by Crippen LogP contribution is 2.41. The van der Waals surface area contributed by atoms with E-state index >= 15 is 0 Å². The maximum Gasteiger partial charge on any atom is 0.326 e. The molecule has 1 aliphatic rings. The normalized spacial score (nSPS) is 15.4. The monoisotopic (exact) mass is 498 g/mol. The minimum atomic E-state index is -0.578. The summed E-state index contributed by atoms with van der Waals surface area (Å²) in [5, 5.41) is 7.33. The van der Waals surface area contributed by atoms with Crippen LogP contribution in [0, 0.1) is 0 Å². The van der Waals surface area contributed by atoms with Crippen LogP contribution in [-0.2, 0) is 0 Å². The first-order valence-electron chi connectivity index (χ1n) is 11.6. The van der Waals surface area contributed by atoms with E-state index in [-0.39, 0.29) is 11.9 Å². The van der Waals surface area contributed by atoms with Gasteiger partial charge in [0.1, 0.15) is 5.75 Å². The van der Waals surface area contributed by atoms with Gasteiger partial charge in [0.05, 0.1) is 38.6 Å². The first-order chi connectivity index (χ1) is 18.0. The number of benzene rings is 3. The molecule has 9 nitrogen and oxygen atoms in total. The molecule has 1 unspecified atom stereocenters. The Kier molecular flexibility index (Phi) is 6.51. The lowest BCUT2D eigenvalue weighted by atomic mass is 9.94. The van der Waals surface area contributed by atoms with Crippen LogP contribution in [0.3, 0.4) is 0 Å². The molecule has 1 atom stereocenters. The van der Waals surface area contributed by atoms with E-state index in [0.717, 1.165) is 11.1 Å². The Morgan fingerprint density at radius 1 is 0.892 bits per heavy atom. The van der Waals surface area contributed by atoms with E-state index in [4.69, 9.17) is 23.7 Å². The molecule has 37 heavy (non-hydrogen) atoms. The van der Waals surface area contributed by atoms with Gasteiger partial charge in [-0.25, -0.2) is 4.79 Å². The van der Waals surface area contributed by atoms with E-state index in [2.05, 4.69) is 10.5 Å². The Morgan fingerprint density at radius 3 is 2.41 bits per heavy atom. The highest BCUT2D eigenvalue weighted by Gasteiger charge is 2.37. The number of methoxy groups -OCH3 is 3. The quantitative estimate of drug-likeness (QED) is 0.361. The van der Waals surface area contributed by atoms with Crippen molar-refractivity contribution in [1.29, 1.82) is 0 Å². The van der Waals surface area contributed by atoms with Crippen LogP contribution in [-0.4, -0.2) is 37.5 Å². The molecule has 188 valence electrons. The maximum atomic E-state index is 13.4. The minimum absolute atomic E-state index is 0.278. The fourth-order valence-corrected chi connectivity index (χ4v) is 4.40. The number of para-hydroxylation sites is 1. The van der Waals surface area contributed by atoms with Crippen molar-refractivity contribution in [3.8, 4) is 28.6 Å². The number of carbonyl (C=O) groups is 1. The summed E-state index contributed by atoms with van der Waals surface area (Å²) < 4.78 is 22.0. The van der Waals surface area contributed by atoms with Crippen LogP contribution in [0.15, 0.2) is 83.0 Å². The summed E-state index contributed by atoms with van der Waals surface area (Å²) in [6.45, 7) is 1.87. The standard InChI is InChI=1S/C28H26N4O5/c1-17-24(27-30-26(31-37-27)19-9-8-12-21(15-19)34-2)25(18-13-14-22(35-3)23(16-18)36-4)29-28(33)32(17)20-10-6-5-7-11-20/h5-16,25H,1-4H3,(H,29,33). The predicted molar refractivity (Wildman–Crippen MR) is 139 cm³/mol. The van der Waals surface area contributed by atoms with Crippen molar-refractivity contribution in [2.45, 2.75) is 13.0 Å². The van der Waals surface area contributed by atoms with Crippen molar-refractivity contribution in [2.24, 2.45) is 0 Å². The molecule has 5 rings (SSSR count). The number of allylic oxidation sites excluding steroid dienone is 1. The zero-order valence-electron chi connectivity index (χ0n) is 20.9. The van der Waals surface area contributed by atoms with Crippen molar-refractivity contribution in [3.63, 3.8) is 0 Å². The molecule has 0 fully saturated rings. The Morgan fingerprint density at radius 2 is 1.68 bits per heavy atom. The van der Waals surface area contributed by atoms with Crippen LogP contribution in [0.25, 0.3) is 17.0 Å². The van der Waals surface area contributed by atoms with E-state index in [9.17, 15) is 4.79 Å². The summed E-state index contributed by atoms with van der Waals surface area (Å²) >= 11 is 0. The molecule has 4 aromatic rings. The third kappa shape index (κ3) is 4.47. The highest BCUT2D eigenvalue weighted by molar-refractivity contribution is 6.01. The molecule has 2 heterocycles. The molecule has 9 heteroatoms. The molecule has 2 amide bonds. The molecule has 0 saturated carbocycles. The second-order valence-electron chi connectivity index (χ2n) is 8.32. The van der Waals surface area contributed by atoms with Crippen molar-refractivity contribution in [1.82, 2.24) is 15.5 Å². The molecule has 0 bridgehead atoms. The molecule has 0 aliphatic carbocycles.